The first-order chi connectivity index (χ1) is 13.2. The molecule has 1 saturated carbocycles. The molecule has 1 aliphatic carbocycles. The highest BCUT2D eigenvalue weighted by Gasteiger charge is 2.32. The number of nitrogens with two attached hydrogens (primary N) is 1. The highest BCUT2D eigenvalue weighted by molar-refractivity contribution is 5.36. The largest absolute Gasteiger partial charge is 0.486 e. The van der Waals surface area contributed by atoms with Gasteiger partial charge in [-0.3, -0.25) is 4.57 Å². The first-order valence-corrected chi connectivity index (χ1v) is 8.99. The molecule has 3 aromatic rings. The van der Waals surface area contributed by atoms with Crippen LogP contribution in [0.5, 0.6) is 5.75 Å². The molecule has 27 heavy (non-hydrogen) atoms. The highest BCUT2D eigenvalue weighted by atomic mass is 16.5. The van der Waals surface area contributed by atoms with Crippen molar-refractivity contribution in [2.24, 2.45) is 5.73 Å². The van der Waals surface area contributed by atoms with Gasteiger partial charge in [0.05, 0.1) is 6.61 Å². The molecule has 142 valence electrons. The third-order valence-electron chi connectivity index (χ3n) is 4.84. The van der Waals surface area contributed by atoms with Crippen LogP contribution in [0.25, 0.3) is 5.69 Å². The highest BCUT2D eigenvalue weighted by Crippen LogP contribution is 2.34. The first-order valence-electron chi connectivity index (χ1n) is 8.99. The van der Waals surface area contributed by atoms with Crippen LogP contribution >= 0.6 is 0 Å². The van der Waals surface area contributed by atoms with Crippen LogP contribution in [0.1, 0.15) is 30.4 Å². The summed E-state index contributed by atoms with van der Waals surface area (Å²) in [5.74, 6) is 2.92. The Kier molecular flexibility index (Phi) is 5.12. The number of hydrogen-bond acceptors (Lipinski definition) is 7. The molecule has 1 fully saturated rings. The smallest absolute Gasteiger partial charge is 0.171 e. The molecule has 0 aliphatic heterocycles. The molecule has 2 aromatic heterocycles. The summed E-state index contributed by atoms with van der Waals surface area (Å²) in [5.41, 5.74) is 6.90. The Morgan fingerprint density at radius 1 is 1.11 bits per heavy atom. The van der Waals surface area contributed by atoms with Gasteiger partial charge < -0.3 is 19.8 Å². The van der Waals surface area contributed by atoms with Crippen molar-refractivity contribution in [1.29, 1.82) is 0 Å². The number of rotatable bonds is 8. The third kappa shape index (κ3) is 3.83. The fourth-order valence-electron chi connectivity index (χ4n) is 3.25. The lowest BCUT2D eigenvalue weighted by Crippen LogP contribution is -2.36. The lowest BCUT2D eigenvalue weighted by Gasteiger charge is -2.31. The molecule has 0 bridgehead atoms. The molecule has 0 atom stereocenters. The van der Waals surface area contributed by atoms with Gasteiger partial charge in [-0.25, -0.2) is 0 Å². The van der Waals surface area contributed by atoms with E-state index < -0.39 is 0 Å². The second-order valence-corrected chi connectivity index (χ2v) is 6.70. The van der Waals surface area contributed by atoms with Gasteiger partial charge in [0.25, 0.3) is 0 Å². The fourth-order valence-corrected chi connectivity index (χ4v) is 3.25. The molecule has 0 unspecified atom stereocenters. The predicted molar refractivity (Wildman–Crippen MR) is 97.5 cm³/mol. The summed E-state index contributed by atoms with van der Waals surface area (Å²) in [6.07, 6.45) is 5.22. The normalized spacial score (nSPS) is 19.0. The summed E-state index contributed by atoms with van der Waals surface area (Å²) >= 11 is 0. The lowest BCUT2D eigenvalue weighted by molar-refractivity contribution is 0.180. The van der Waals surface area contributed by atoms with E-state index in [1.807, 2.05) is 28.8 Å². The standard InChI is InChI=1S/C18H23N7O2/c1-26-7-6-25-17(22-23-18(25)13-8-14(19)9-13)10-27-16-4-2-15(3-5-16)24-11-20-21-12-24/h2-5,11-14H,6-10,19H2,1H3. The summed E-state index contributed by atoms with van der Waals surface area (Å²) in [6, 6.07) is 8.01. The van der Waals surface area contributed by atoms with Gasteiger partial charge in [0.15, 0.2) is 5.82 Å². The molecule has 1 aromatic carbocycles. The molecular weight excluding hydrogens is 346 g/mol. The number of hydrogen-bond donors (Lipinski definition) is 1. The van der Waals surface area contributed by atoms with Gasteiger partial charge in [0, 0.05) is 31.3 Å². The van der Waals surface area contributed by atoms with Gasteiger partial charge in [0.1, 0.15) is 30.8 Å². The molecule has 0 amide bonds. The number of methoxy groups -OCH3 is 1. The maximum Gasteiger partial charge on any atom is 0.171 e. The maximum absolute atomic E-state index is 5.93. The molecule has 2 heterocycles. The van der Waals surface area contributed by atoms with Crippen LogP contribution in [-0.4, -0.2) is 49.3 Å². The molecule has 0 spiro atoms. The monoisotopic (exact) mass is 369 g/mol. The quantitative estimate of drug-likeness (QED) is 0.638. The van der Waals surface area contributed by atoms with Crippen molar-refractivity contribution >= 4 is 0 Å². The van der Waals surface area contributed by atoms with E-state index in [0.717, 1.165) is 35.9 Å². The van der Waals surface area contributed by atoms with Crippen LogP contribution in [-0.2, 0) is 17.9 Å². The first kappa shape index (κ1) is 17.6. The summed E-state index contributed by atoms with van der Waals surface area (Å²) in [7, 11) is 1.69. The Morgan fingerprint density at radius 3 is 2.52 bits per heavy atom. The molecular formula is C18H23N7O2. The molecule has 0 saturated heterocycles. The maximum atomic E-state index is 5.93. The Labute approximate surface area is 157 Å². The van der Waals surface area contributed by atoms with Crippen LogP contribution in [0.3, 0.4) is 0 Å². The van der Waals surface area contributed by atoms with Gasteiger partial charge in [0.2, 0.25) is 0 Å². The van der Waals surface area contributed by atoms with Gasteiger partial charge in [-0.2, -0.15) is 0 Å². The molecule has 4 rings (SSSR count). The van der Waals surface area contributed by atoms with E-state index in [1.54, 1.807) is 19.8 Å². The Hall–Kier alpha value is -2.78. The third-order valence-corrected chi connectivity index (χ3v) is 4.84. The SMILES string of the molecule is COCCn1c(COc2ccc(-n3cnnc3)cc2)nnc1C1CC(N)C1. The second kappa shape index (κ2) is 7.85. The van der Waals surface area contributed by atoms with E-state index in [4.69, 9.17) is 15.2 Å². The molecule has 0 radical (unpaired) electrons. The van der Waals surface area contributed by atoms with Crippen LogP contribution in [0.15, 0.2) is 36.9 Å². The molecule has 2 N–H and O–H groups in total. The van der Waals surface area contributed by atoms with Crippen LogP contribution in [0.2, 0.25) is 0 Å². The van der Waals surface area contributed by atoms with E-state index >= 15 is 0 Å². The fraction of sp³-hybridized carbons (Fsp3) is 0.444. The molecule has 1 aliphatic rings. The van der Waals surface area contributed by atoms with E-state index in [0.29, 0.717) is 25.7 Å². The van der Waals surface area contributed by atoms with Crippen molar-refractivity contribution in [2.75, 3.05) is 13.7 Å². The zero-order chi connectivity index (χ0) is 18.6. The average Bonchev–Trinajstić information content (AvgIpc) is 3.32. The van der Waals surface area contributed by atoms with Crippen molar-refractivity contribution in [3.8, 4) is 11.4 Å². The molecule has 9 heteroatoms. The molecule has 9 nitrogen and oxygen atoms in total. The Bertz CT molecular complexity index is 854. The van der Waals surface area contributed by atoms with Crippen LogP contribution in [0.4, 0.5) is 0 Å². The summed E-state index contributed by atoms with van der Waals surface area (Å²) in [5, 5.41) is 16.4. The number of aromatic nitrogens is 6. The van der Waals surface area contributed by atoms with E-state index in [-0.39, 0.29) is 6.04 Å². The number of benzene rings is 1. The zero-order valence-corrected chi connectivity index (χ0v) is 15.2. The minimum Gasteiger partial charge on any atom is -0.486 e. The van der Waals surface area contributed by atoms with Crippen LogP contribution < -0.4 is 10.5 Å². The van der Waals surface area contributed by atoms with E-state index in [1.165, 1.54) is 0 Å². The zero-order valence-electron chi connectivity index (χ0n) is 15.2. The predicted octanol–water partition coefficient (Wildman–Crippen LogP) is 1.29. The summed E-state index contributed by atoms with van der Waals surface area (Å²) in [4.78, 5) is 0. The minimum atomic E-state index is 0.270. The summed E-state index contributed by atoms with van der Waals surface area (Å²) in [6.45, 7) is 1.65. The average molecular weight is 369 g/mol. The Balaban J connectivity index is 1.44. The number of ether oxygens (including phenoxy) is 2. The van der Waals surface area contributed by atoms with Crippen LogP contribution in [0, 0.1) is 0 Å². The van der Waals surface area contributed by atoms with E-state index in [2.05, 4.69) is 25.0 Å². The summed E-state index contributed by atoms with van der Waals surface area (Å²) < 4.78 is 15.1. The topological polar surface area (TPSA) is 106 Å². The minimum absolute atomic E-state index is 0.270. The van der Waals surface area contributed by atoms with Crippen molar-refractivity contribution < 1.29 is 9.47 Å². The lowest BCUT2D eigenvalue weighted by atomic mass is 9.80. The van der Waals surface area contributed by atoms with Crippen molar-refractivity contribution in [3.05, 3.63) is 48.6 Å². The van der Waals surface area contributed by atoms with Crippen molar-refractivity contribution in [2.45, 2.75) is 38.0 Å². The van der Waals surface area contributed by atoms with Gasteiger partial charge >= 0.3 is 0 Å². The van der Waals surface area contributed by atoms with Crippen molar-refractivity contribution in [1.82, 2.24) is 29.5 Å². The number of nitrogens with zero attached hydrogens (tertiary/aromatic N) is 6. The second-order valence-electron chi connectivity index (χ2n) is 6.70. The van der Waals surface area contributed by atoms with Gasteiger partial charge in [-0.15, -0.1) is 20.4 Å². The van der Waals surface area contributed by atoms with Crippen molar-refractivity contribution in [3.63, 3.8) is 0 Å². The van der Waals surface area contributed by atoms with E-state index in [9.17, 15) is 0 Å². The Morgan fingerprint density at radius 2 is 1.85 bits per heavy atom. The van der Waals surface area contributed by atoms with Gasteiger partial charge in [-0.1, -0.05) is 0 Å². The van der Waals surface area contributed by atoms with Gasteiger partial charge in [-0.05, 0) is 37.1 Å².